The van der Waals surface area contributed by atoms with Gasteiger partial charge in [-0.15, -0.1) is 0 Å². The topological polar surface area (TPSA) is 81.9 Å². The van der Waals surface area contributed by atoms with Crippen LogP contribution in [0.1, 0.15) is 6.42 Å². The van der Waals surface area contributed by atoms with E-state index in [4.69, 9.17) is 15.2 Å². The molecule has 138 valence electrons. The van der Waals surface area contributed by atoms with Gasteiger partial charge < -0.3 is 20.1 Å². The van der Waals surface area contributed by atoms with Crippen molar-refractivity contribution in [3.63, 3.8) is 0 Å². The van der Waals surface area contributed by atoms with Crippen LogP contribution in [0.4, 0.5) is 10.1 Å². The second-order valence-electron chi connectivity index (χ2n) is 5.32. The van der Waals surface area contributed by atoms with E-state index in [0.717, 1.165) is 0 Å². The molecule has 2 rings (SSSR count). The molecule has 8 heteroatoms. The molecule has 0 radical (unpaired) electrons. The predicted molar refractivity (Wildman–Crippen MR) is 98.8 cm³/mol. The van der Waals surface area contributed by atoms with E-state index in [1.165, 1.54) is 24.1 Å². The molecule has 0 unspecified atom stereocenters. The number of benzene rings is 2. The molecule has 0 spiro atoms. The van der Waals surface area contributed by atoms with Gasteiger partial charge in [-0.25, -0.2) is 4.39 Å². The highest BCUT2D eigenvalue weighted by molar-refractivity contribution is 9.10. The molecule has 2 aromatic rings. The standard InChI is InChI=1S/C18H18BrFN2O4/c1-25-14-5-3-13(4-6-14)22(9-8-17(21)23)18(24)11-26-16-7-2-12(19)10-15(16)20/h2-7,10H,8-9,11H2,1H3,(H2,21,23). The third-order valence-electron chi connectivity index (χ3n) is 3.51. The maximum absolute atomic E-state index is 13.8. The number of primary amides is 1. The molecule has 0 atom stereocenters. The second kappa shape index (κ2) is 9.19. The van der Waals surface area contributed by atoms with Gasteiger partial charge in [0.2, 0.25) is 5.91 Å². The number of nitrogens with zero attached hydrogens (tertiary/aromatic N) is 1. The predicted octanol–water partition coefficient (Wildman–Crippen LogP) is 2.88. The van der Waals surface area contributed by atoms with Crippen molar-refractivity contribution in [2.24, 2.45) is 5.73 Å². The first-order valence-corrected chi connectivity index (χ1v) is 8.50. The monoisotopic (exact) mass is 424 g/mol. The largest absolute Gasteiger partial charge is 0.497 e. The van der Waals surface area contributed by atoms with Crippen LogP contribution in [0.2, 0.25) is 0 Å². The third kappa shape index (κ3) is 5.45. The van der Waals surface area contributed by atoms with Crippen LogP contribution in [-0.4, -0.2) is 32.1 Å². The minimum atomic E-state index is -0.583. The van der Waals surface area contributed by atoms with Gasteiger partial charge in [0.1, 0.15) is 5.75 Å². The van der Waals surface area contributed by atoms with Crippen LogP contribution >= 0.6 is 15.9 Å². The van der Waals surface area contributed by atoms with Crippen molar-refractivity contribution in [2.75, 3.05) is 25.2 Å². The van der Waals surface area contributed by atoms with Crippen LogP contribution in [0.5, 0.6) is 11.5 Å². The van der Waals surface area contributed by atoms with E-state index < -0.39 is 17.6 Å². The first-order valence-electron chi connectivity index (χ1n) is 7.71. The molecule has 6 nitrogen and oxygen atoms in total. The van der Waals surface area contributed by atoms with Crippen molar-refractivity contribution >= 4 is 33.4 Å². The van der Waals surface area contributed by atoms with Gasteiger partial charge in [-0.2, -0.15) is 0 Å². The Balaban J connectivity index is 2.12. The van der Waals surface area contributed by atoms with Gasteiger partial charge >= 0.3 is 0 Å². The van der Waals surface area contributed by atoms with Crippen LogP contribution in [0.3, 0.4) is 0 Å². The number of rotatable bonds is 8. The maximum atomic E-state index is 13.8. The molecule has 2 amide bonds. The summed E-state index contributed by atoms with van der Waals surface area (Å²) in [7, 11) is 1.53. The molecule has 0 bridgehead atoms. The molecule has 2 N–H and O–H groups in total. The first-order chi connectivity index (χ1) is 12.4. The highest BCUT2D eigenvalue weighted by atomic mass is 79.9. The van der Waals surface area contributed by atoms with Gasteiger partial charge in [-0.3, -0.25) is 9.59 Å². The Labute approximate surface area is 158 Å². The summed E-state index contributed by atoms with van der Waals surface area (Å²) in [5.74, 6) is -0.953. The molecule has 0 aromatic heterocycles. The fourth-order valence-electron chi connectivity index (χ4n) is 2.19. The second-order valence-corrected chi connectivity index (χ2v) is 6.24. The van der Waals surface area contributed by atoms with Gasteiger partial charge in [0.25, 0.3) is 5.91 Å². The summed E-state index contributed by atoms with van der Waals surface area (Å²) >= 11 is 3.15. The van der Waals surface area contributed by atoms with Gasteiger partial charge in [0, 0.05) is 23.1 Å². The number of hydrogen-bond acceptors (Lipinski definition) is 4. The van der Waals surface area contributed by atoms with E-state index in [1.54, 1.807) is 30.3 Å². The molecule has 0 aliphatic carbocycles. The molecule has 2 aromatic carbocycles. The number of hydrogen-bond donors (Lipinski definition) is 1. The summed E-state index contributed by atoms with van der Waals surface area (Å²) in [5, 5.41) is 0. The molecular formula is C18H18BrFN2O4. The van der Waals surface area contributed by atoms with Crippen LogP contribution in [0.15, 0.2) is 46.9 Å². The normalized spacial score (nSPS) is 10.3. The molecule has 0 fully saturated rings. The zero-order valence-corrected chi connectivity index (χ0v) is 15.7. The number of amides is 2. The Kier molecular flexibility index (Phi) is 6.97. The Morgan fingerprint density at radius 3 is 2.46 bits per heavy atom. The minimum Gasteiger partial charge on any atom is -0.497 e. The van der Waals surface area contributed by atoms with Crippen molar-refractivity contribution < 1.29 is 23.5 Å². The molecular weight excluding hydrogens is 407 g/mol. The number of carbonyl (C=O) groups excluding carboxylic acids is 2. The average molecular weight is 425 g/mol. The average Bonchev–Trinajstić information content (AvgIpc) is 2.61. The summed E-state index contributed by atoms with van der Waals surface area (Å²) in [6, 6.07) is 11.0. The van der Waals surface area contributed by atoms with Crippen molar-refractivity contribution in [3.05, 3.63) is 52.8 Å². The van der Waals surface area contributed by atoms with Gasteiger partial charge in [0.15, 0.2) is 18.2 Å². The van der Waals surface area contributed by atoms with Crippen LogP contribution in [0, 0.1) is 5.82 Å². The molecule has 0 heterocycles. The van der Waals surface area contributed by atoms with Crippen molar-refractivity contribution in [1.29, 1.82) is 0 Å². The lowest BCUT2D eigenvalue weighted by Gasteiger charge is -2.22. The van der Waals surface area contributed by atoms with Crippen molar-refractivity contribution in [3.8, 4) is 11.5 Å². The summed E-state index contributed by atoms with van der Waals surface area (Å²) < 4.78 is 24.7. The lowest BCUT2D eigenvalue weighted by atomic mass is 10.2. The Morgan fingerprint density at radius 2 is 1.88 bits per heavy atom. The van der Waals surface area contributed by atoms with Gasteiger partial charge in [-0.05, 0) is 42.5 Å². The third-order valence-corrected chi connectivity index (χ3v) is 4.01. The van der Waals surface area contributed by atoms with Crippen LogP contribution in [-0.2, 0) is 9.59 Å². The highest BCUT2D eigenvalue weighted by Gasteiger charge is 2.18. The maximum Gasteiger partial charge on any atom is 0.264 e. The Morgan fingerprint density at radius 1 is 1.19 bits per heavy atom. The smallest absolute Gasteiger partial charge is 0.264 e. The number of halogens is 2. The summed E-state index contributed by atoms with van der Waals surface area (Å²) in [6.07, 6.45) is -0.00951. The lowest BCUT2D eigenvalue weighted by molar-refractivity contribution is -0.120. The fraction of sp³-hybridized carbons (Fsp3) is 0.222. The van der Waals surface area contributed by atoms with Crippen LogP contribution < -0.4 is 20.1 Å². The summed E-state index contributed by atoms with van der Waals surface area (Å²) in [4.78, 5) is 25.0. The zero-order chi connectivity index (χ0) is 19.1. The van der Waals surface area contributed by atoms with E-state index in [2.05, 4.69) is 15.9 Å². The zero-order valence-electron chi connectivity index (χ0n) is 14.1. The Bertz CT molecular complexity index is 783. The number of anilines is 1. The van der Waals surface area contributed by atoms with E-state index in [-0.39, 0.29) is 25.3 Å². The molecule has 0 aliphatic rings. The van der Waals surface area contributed by atoms with Gasteiger partial charge in [0.05, 0.1) is 7.11 Å². The summed E-state index contributed by atoms with van der Waals surface area (Å²) in [5.41, 5.74) is 5.73. The van der Waals surface area contributed by atoms with E-state index in [1.807, 2.05) is 0 Å². The molecule has 0 saturated carbocycles. The first kappa shape index (κ1) is 19.7. The van der Waals surface area contributed by atoms with Gasteiger partial charge in [-0.1, -0.05) is 15.9 Å². The number of ether oxygens (including phenoxy) is 2. The highest BCUT2D eigenvalue weighted by Crippen LogP contribution is 2.23. The van der Waals surface area contributed by atoms with Crippen LogP contribution in [0.25, 0.3) is 0 Å². The van der Waals surface area contributed by atoms with Crippen molar-refractivity contribution in [1.82, 2.24) is 0 Å². The lowest BCUT2D eigenvalue weighted by Crippen LogP contribution is -2.37. The SMILES string of the molecule is COc1ccc(N(CCC(N)=O)C(=O)COc2ccc(Br)cc2F)cc1. The van der Waals surface area contributed by atoms with E-state index in [9.17, 15) is 14.0 Å². The quantitative estimate of drug-likeness (QED) is 0.706. The number of methoxy groups -OCH3 is 1. The van der Waals surface area contributed by atoms with E-state index in [0.29, 0.717) is 15.9 Å². The van der Waals surface area contributed by atoms with E-state index >= 15 is 0 Å². The van der Waals surface area contributed by atoms with Crippen molar-refractivity contribution in [2.45, 2.75) is 6.42 Å². The Hall–Kier alpha value is -2.61. The fourth-order valence-corrected chi connectivity index (χ4v) is 2.52. The molecule has 26 heavy (non-hydrogen) atoms. The summed E-state index contributed by atoms with van der Waals surface area (Å²) in [6.45, 7) is -0.296. The minimum absolute atomic E-state index is 0.00951. The number of nitrogens with two attached hydrogens (primary N) is 1. The molecule has 0 aliphatic heterocycles. The number of carbonyl (C=O) groups is 2. The molecule has 0 saturated heterocycles.